The van der Waals surface area contributed by atoms with E-state index >= 15 is 0 Å². The van der Waals surface area contributed by atoms with Gasteiger partial charge in [-0.25, -0.2) is 4.98 Å². The van der Waals surface area contributed by atoms with Crippen molar-refractivity contribution in [2.24, 2.45) is 0 Å². The first-order chi connectivity index (χ1) is 10.4. The summed E-state index contributed by atoms with van der Waals surface area (Å²) in [5, 5.41) is 3.38. The van der Waals surface area contributed by atoms with E-state index in [0.717, 1.165) is 45.1 Å². The molecule has 0 bridgehead atoms. The van der Waals surface area contributed by atoms with E-state index in [1.807, 2.05) is 12.5 Å². The van der Waals surface area contributed by atoms with Crippen molar-refractivity contribution in [2.45, 2.75) is 37.6 Å². The van der Waals surface area contributed by atoms with E-state index < -0.39 is 0 Å². The Morgan fingerprint density at radius 3 is 3.29 bits per heavy atom. The fourth-order valence-electron chi connectivity index (χ4n) is 3.72. The van der Waals surface area contributed by atoms with Gasteiger partial charge in [0, 0.05) is 25.7 Å². The third-order valence-corrected chi connectivity index (χ3v) is 4.86. The molecule has 3 unspecified atom stereocenters. The standard InChI is InChI=1S/C15H24N4O2/c1-2-12-10-21-13(8-18(12)4-1)9-19-11-17-6-14(19)15-7-16-3-5-20-15/h6,11-13,15-16H,1-5,7-10H2. The van der Waals surface area contributed by atoms with Crippen LogP contribution in [-0.4, -0.2) is 66.0 Å². The number of nitrogens with zero attached hydrogens (tertiary/aromatic N) is 3. The molecule has 0 aromatic carbocycles. The minimum Gasteiger partial charge on any atom is -0.373 e. The lowest BCUT2D eigenvalue weighted by atomic mass is 10.2. The Morgan fingerprint density at radius 2 is 2.38 bits per heavy atom. The first-order valence-electron chi connectivity index (χ1n) is 8.08. The Hall–Kier alpha value is -0.950. The van der Waals surface area contributed by atoms with Gasteiger partial charge in [-0.3, -0.25) is 4.90 Å². The highest BCUT2D eigenvalue weighted by Crippen LogP contribution is 2.24. The van der Waals surface area contributed by atoms with Crippen LogP contribution in [0.2, 0.25) is 0 Å². The zero-order valence-corrected chi connectivity index (χ0v) is 12.4. The van der Waals surface area contributed by atoms with Gasteiger partial charge >= 0.3 is 0 Å². The van der Waals surface area contributed by atoms with Crippen molar-refractivity contribution >= 4 is 0 Å². The summed E-state index contributed by atoms with van der Waals surface area (Å²) in [4.78, 5) is 6.90. The molecule has 0 saturated carbocycles. The number of hydrogen-bond acceptors (Lipinski definition) is 5. The van der Waals surface area contributed by atoms with E-state index in [9.17, 15) is 0 Å². The maximum atomic E-state index is 6.06. The molecular formula is C15H24N4O2. The zero-order chi connectivity index (χ0) is 14.1. The summed E-state index contributed by atoms with van der Waals surface area (Å²) in [6, 6.07) is 0.661. The molecule has 6 nitrogen and oxygen atoms in total. The fourth-order valence-corrected chi connectivity index (χ4v) is 3.72. The second-order valence-electron chi connectivity index (χ2n) is 6.28. The van der Waals surface area contributed by atoms with Crippen LogP contribution in [0.15, 0.2) is 12.5 Å². The molecular weight excluding hydrogens is 268 g/mol. The van der Waals surface area contributed by atoms with Crippen molar-refractivity contribution in [1.82, 2.24) is 19.8 Å². The lowest BCUT2D eigenvalue weighted by Gasteiger charge is -2.35. The Balaban J connectivity index is 1.41. The van der Waals surface area contributed by atoms with Crippen LogP contribution in [0, 0.1) is 0 Å². The van der Waals surface area contributed by atoms with Crippen molar-refractivity contribution in [1.29, 1.82) is 0 Å². The quantitative estimate of drug-likeness (QED) is 0.874. The minimum atomic E-state index is 0.115. The van der Waals surface area contributed by atoms with Gasteiger partial charge in [-0.05, 0) is 19.4 Å². The highest BCUT2D eigenvalue weighted by atomic mass is 16.5. The predicted molar refractivity (Wildman–Crippen MR) is 78.1 cm³/mol. The minimum absolute atomic E-state index is 0.115. The van der Waals surface area contributed by atoms with Gasteiger partial charge in [0.25, 0.3) is 0 Å². The van der Waals surface area contributed by atoms with Gasteiger partial charge in [0.1, 0.15) is 6.10 Å². The largest absolute Gasteiger partial charge is 0.373 e. The average molecular weight is 292 g/mol. The SMILES string of the molecule is c1ncn(CC2CN3CCCC3CO2)c1C1CNCCO1. The van der Waals surface area contributed by atoms with E-state index in [4.69, 9.17) is 9.47 Å². The maximum Gasteiger partial charge on any atom is 0.111 e. The van der Waals surface area contributed by atoms with Crippen LogP contribution < -0.4 is 5.32 Å². The molecule has 1 aromatic rings. The Labute approximate surface area is 125 Å². The van der Waals surface area contributed by atoms with Gasteiger partial charge in [-0.2, -0.15) is 0 Å². The lowest BCUT2D eigenvalue weighted by Crippen LogP contribution is -2.47. The fraction of sp³-hybridized carbons (Fsp3) is 0.800. The molecule has 3 saturated heterocycles. The molecule has 0 spiro atoms. The molecule has 4 heterocycles. The van der Waals surface area contributed by atoms with Gasteiger partial charge < -0.3 is 19.4 Å². The average Bonchev–Trinajstić information content (AvgIpc) is 3.16. The molecule has 1 aromatic heterocycles. The predicted octanol–water partition coefficient (Wildman–Crippen LogP) is 0.407. The maximum absolute atomic E-state index is 6.06. The van der Waals surface area contributed by atoms with Crippen molar-refractivity contribution in [3.63, 3.8) is 0 Å². The van der Waals surface area contributed by atoms with E-state index in [1.54, 1.807) is 0 Å². The molecule has 116 valence electrons. The Bertz CT molecular complexity index is 472. The van der Waals surface area contributed by atoms with Crippen LogP contribution in [-0.2, 0) is 16.0 Å². The summed E-state index contributed by atoms with van der Waals surface area (Å²) in [6.07, 6.45) is 6.84. The van der Waals surface area contributed by atoms with Gasteiger partial charge in [0.05, 0.1) is 44.1 Å². The lowest BCUT2D eigenvalue weighted by molar-refractivity contribution is -0.0567. The highest BCUT2D eigenvalue weighted by Gasteiger charge is 2.32. The van der Waals surface area contributed by atoms with E-state index in [1.165, 1.54) is 19.4 Å². The number of ether oxygens (including phenoxy) is 2. The van der Waals surface area contributed by atoms with E-state index in [-0.39, 0.29) is 12.2 Å². The number of fused-ring (bicyclic) bond motifs is 1. The highest BCUT2D eigenvalue weighted by molar-refractivity contribution is 5.05. The Kier molecular flexibility index (Phi) is 3.94. The van der Waals surface area contributed by atoms with Gasteiger partial charge in [-0.15, -0.1) is 0 Å². The van der Waals surface area contributed by atoms with Gasteiger partial charge in [0.15, 0.2) is 0 Å². The van der Waals surface area contributed by atoms with E-state index in [0.29, 0.717) is 6.04 Å². The molecule has 21 heavy (non-hydrogen) atoms. The topological polar surface area (TPSA) is 51.5 Å². The second-order valence-corrected chi connectivity index (χ2v) is 6.28. The number of morpholine rings is 2. The van der Waals surface area contributed by atoms with Crippen LogP contribution in [0.25, 0.3) is 0 Å². The third-order valence-electron chi connectivity index (χ3n) is 4.86. The molecule has 1 N–H and O–H groups in total. The third kappa shape index (κ3) is 2.85. The zero-order valence-electron chi connectivity index (χ0n) is 12.4. The first kappa shape index (κ1) is 13.7. The number of aromatic nitrogens is 2. The first-order valence-corrected chi connectivity index (χ1v) is 8.08. The summed E-state index contributed by atoms with van der Waals surface area (Å²) < 4.78 is 14.1. The van der Waals surface area contributed by atoms with Crippen LogP contribution in [0.1, 0.15) is 24.6 Å². The van der Waals surface area contributed by atoms with Gasteiger partial charge in [-0.1, -0.05) is 0 Å². The van der Waals surface area contributed by atoms with Crippen molar-refractivity contribution in [3.05, 3.63) is 18.2 Å². The van der Waals surface area contributed by atoms with Crippen molar-refractivity contribution in [2.75, 3.05) is 39.4 Å². The molecule has 0 amide bonds. The van der Waals surface area contributed by atoms with Crippen LogP contribution in [0.5, 0.6) is 0 Å². The number of hydrogen-bond donors (Lipinski definition) is 1. The number of nitrogens with one attached hydrogen (secondary N) is 1. The summed E-state index contributed by atoms with van der Waals surface area (Å²) in [6.45, 7) is 6.61. The smallest absolute Gasteiger partial charge is 0.111 e. The summed E-state index contributed by atoms with van der Waals surface area (Å²) in [5.74, 6) is 0. The van der Waals surface area contributed by atoms with Crippen LogP contribution in [0.4, 0.5) is 0 Å². The molecule has 3 aliphatic rings. The van der Waals surface area contributed by atoms with Gasteiger partial charge in [0.2, 0.25) is 0 Å². The Morgan fingerprint density at radius 1 is 1.38 bits per heavy atom. The van der Waals surface area contributed by atoms with Crippen LogP contribution >= 0.6 is 0 Å². The monoisotopic (exact) mass is 292 g/mol. The molecule has 3 aliphatic heterocycles. The van der Waals surface area contributed by atoms with E-state index in [2.05, 4.69) is 19.8 Å². The number of rotatable bonds is 3. The second kappa shape index (κ2) is 6.04. The summed E-state index contributed by atoms with van der Waals surface area (Å²) >= 11 is 0. The molecule has 0 radical (unpaired) electrons. The van der Waals surface area contributed by atoms with Crippen molar-refractivity contribution in [3.8, 4) is 0 Å². The van der Waals surface area contributed by atoms with Crippen LogP contribution in [0.3, 0.4) is 0 Å². The molecule has 4 rings (SSSR count). The molecule has 3 fully saturated rings. The molecule has 3 atom stereocenters. The molecule has 0 aliphatic carbocycles. The van der Waals surface area contributed by atoms with Crippen molar-refractivity contribution < 1.29 is 9.47 Å². The summed E-state index contributed by atoms with van der Waals surface area (Å²) in [5.41, 5.74) is 1.16. The molecule has 6 heteroatoms. The number of imidazole rings is 1. The summed E-state index contributed by atoms with van der Waals surface area (Å²) in [7, 11) is 0. The normalized spacial score (nSPS) is 34.0.